The Morgan fingerprint density at radius 2 is 1.68 bits per heavy atom. The smallest absolute Gasteiger partial charge is 0.0723 e. The summed E-state index contributed by atoms with van der Waals surface area (Å²) in [7, 11) is 0. The largest absolute Gasteiger partial charge is 0.248 e. The Balaban J connectivity index is 2.17. The molecular formula is C19H16ClNS. The Labute approximate surface area is 140 Å². The van der Waals surface area contributed by atoms with Crippen molar-refractivity contribution in [1.29, 1.82) is 0 Å². The first-order chi connectivity index (χ1) is 10.7. The summed E-state index contributed by atoms with van der Waals surface area (Å²) in [6.07, 6.45) is 2.08. The van der Waals surface area contributed by atoms with E-state index in [0.29, 0.717) is 0 Å². The molecule has 110 valence electrons. The molecule has 3 heteroatoms. The fraction of sp³-hybridized carbons (Fsp3) is 0.105. The van der Waals surface area contributed by atoms with Crippen molar-refractivity contribution in [2.24, 2.45) is 0 Å². The van der Waals surface area contributed by atoms with Crippen molar-refractivity contribution in [3.05, 3.63) is 71.2 Å². The number of benzene rings is 2. The van der Waals surface area contributed by atoms with Crippen LogP contribution in [0.4, 0.5) is 0 Å². The number of hydrogen-bond donors (Lipinski definition) is 0. The highest BCUT2D eigenvalue weighted by Crippen LogP contribution is 2.30. The third kappa shape index (κ3) is 3.18. The second-order valence-electron chi connectivity index (χ2n) is 5.10. The van der Waals surface area contributed by atoms with Crippen molar-refractivity contribution in [3.8, 4) is 22.5 Å². The van der Waals surface area contributed by atoms with Crippen LogP contribution in [0.2, 0.25) is 5.02 Å². The lowest BCUT2D eigenvalue weighted by Crippen LogP contribution is -1.91. The van der Waals surface area contributed by atoms with Crippen molar-refractivity contribution in [2.75, 3.05) is 6.26 Å². The number of halogens is 1. The van der Waals surface area contributed by atoms with Gasteiger partial charge < -0.3 is 0 Å². The minimum atomic E-state index is 0.728. The molecular weight excluding hydrogens is 310 g/mol. The number of aromatic nitrogens is 1. The number of nitrogens with zero attached hydrogens (tertiary/aromatic N) is 1. The molecule has 0 fully saturated rings. The van der Waals surface area contributed by atoms with E-state index in [9.17, 15) is 0 Å². The van der Waals surface area contributed by atoms with E-state index >= 15 is 0 Å². The summed E-state index contributed by atoms with van der Waals surface area (Å²) in [5, 5.41) is 0.728. The van der Waals surface area contributed by atoms with Crippen molar-refractivity contribution >= 4 is 23.4 Å². The van der Waals surface area contributed by atoms with Gasteiger partial charge in [0.1, 0.15) is 0 Å². The second-order valence-corrected chi connectivity index (χ2v) is 6.42. The SMILES string of the molecule is CSc1cc(-c2cccc(Cl)c2)nc(-c2ccccc2C)c1. The molecule has 22 heavy (non-hydrogen) atoms. The van der Waals surface area contributed by atoms with Crippen molar-refractivity contribution < 1.29 is 0 Å². The zero-order valence-corrected chi connectivity index (χ0v) is 14.1. The molecule has 0 bridgehead atoms. The predicted molar refractivity (Wildman–Crippen MR) is 96.6 cm³/mol. The van der Waals surface area contributed by atoms with Gasteiger partial charge in [0.15, 0.2) is 0 Å². The highest BCUT2D eigenvalue weighted by atomic mass is 35.5. The molecule has 1 aromatic heterocycles. The number of pyridine rings is 1. The van der Waals surface area contributed by atoms with Gasteiger partial charge in [0.05, 0.1) is 11.4 Å². The van der Waals surface area contributed by atoms with Gasteiger partial charge in [0.2, 0.25) is 0 Å². The molecule has 0 aliphatic heterocycles. The van der Waals surface area contributed by atoms with Gasteiger partial charge in [-0.2, -0.15) is 0 Å². The molecule has 0 spiro atoms. The molecule has 3 rings (SSSR count). The Hall–Kier alpha value is -1.77. The molecule has 0 amide bonds. The average Bonchev–Trinajstić information content (AvgIpc) is 2.55. The average molecular weight is 326 g/mol. The normalized spacial score (nSPS) is 10.7. The lowest BCUT2D eigenvalue weighted by molar-refractivity contribution is 1.25. The van der Waals surface area contributed by atoms with Crippen molar-refractivity contribution in [1.82, 2.24) is 4.98 Å². The van der Waals surface area contributed by atoms with E-state index in [-0.39, 0.29) is 0 Å². The fourth-order valence-corrected chi connectivity index (χ4v) is 3.07. The first-order valence-electron chi connectivity index (χ1n) is 7.05. The summed E-state index contributed by atoms with van der Waals surface area (Å²) >= 11 is 7.84. The summed E-state index contributed by atoms with van der Waals surface area (Å²) in [5.74, 6) is 0. The standard InChI is InChI=1S/C19H16ClNS/c1-13-6-3-4-9-17(13)19-12-16(22-2)11-18(21-19)14-7-5-8-15(20)10-14/h3-12H,1-2H3. The van der Waals surface area contributed by atoms with Gasteiger partial charge in [-0.1, -0.05) is 48.0 Å². The lowest BCUT2D eigenvalue weighted by atomic mass is 10.0. The van der Waals surface area contributed by atoms with E-state index in [1.165, 1.54) is 16.0 Å². The number of aryl methyl sites for hydroxylation is 1. The molecule has 0 radical (unpaired) electrons. The summed E-state index contributed by atoms with van der Waals surface area (Å²) in [5.41, 5.74) is 5.39. The molecule has 0 saturated carbocycles. The van der Waals surface area contributed by atoms with Crippen LogP contribution < -0.4 is 0 Å². The van der Waals surface area contributed by atoms with E-state index in [1.54, 1.807) is 11.8 Å². The number of thioether (sulfide) groups is 1. The van der Waals surface area contributed by atoms with Crippen molar-refractivity contribution in [3.63, 3.8) is 0 Å². The highest BCUT2D eigenvalue weighted by molar-refractivity contribution is 7.98. The Morgan fingerprint density at radius 1 is 0.909 bits per heavy atom. The van der Waals surface area contributed by atoms with Crippen LogP contribution in [-0.4, -0.2) is 11.2 Å². The van der Waals surface area contributed by atoms with Gasteiger partial charge in [0.25, 0.3) is 0 Å². The maximum Gasteiger partial charge on any atom is 0.0723 e. The van der Waals surface area contributed by atoms with Gasteiger partial charge in [-0.25, -0.2) is 4.98 Å². The molecule has 3 aromatic rings. The quantitative estimate of drug-likeness (QED) is 0.540. The minimum Gasteiger partial charge on any atom is -0.248 e. The first kappa shape index (κ1) is 15.1. The summed E-state index contributed by atoms with van der Waals surface area (Å²) in [6.45, 7) is 2.11. The van der Waals surface area contributed by atoms with Crippen LogP contribution in [0.5, 0.6) is 0 Å². The zero-order chi connectivity index (χ0) is 15.5. The lowest BCUT2D eigenvalue weighted by Gasteiger charge is -2.10. The number of rotatable bonds is 3. The van der Waals surface area contributed by atoms with Crippen LogP contribution in [-0.2, 0) is 0 Å². The van der Waals surface area contributed by atoms with Gasteiger partial charge in [-0.05, 0) is 43.0 Å². The molecule has 1 nitrogen and oxygen atoms in total. The third-order valence-electron chi connectivity index (χ3n) is 3.58. The maximum absolute atomic E-state index is 6.12. The predicted octanol–water partition coefficient (Wildman–Crippen LogP) is 6.10. The van der Waals surface area contributed by atoms with E-state index in [2.05, 4.69) is 49.6 Å². The summed E-state index contributed by atoms with van der Waals surface area (Å²) < 4.78 is 0. The molecule has 0 atom stereocenters. The van der Waals surface area contributed by atoms with Gasteiger partial charge in [0, 0.05) is 21.0 Å². The second kappa shape index (κ2) is 6.55. The van der Waals surface area contributed by atoms with Crippen LogP contribution in [0.1, 0.15) is 5.56 Å². The third-order valence-corrected chi connectivity index (χ3v) is 4.52. The molecule has 2 aromatic carbocycles. The van der Waals surface area contributed by atoms with Crippen molar-refractivity contribution in [2.45, 2.75) is 11.8 Å². The Kier molecular flexibility index (Phi) is 4.51. The highest BCUT2D eigenvalue weighted by Gasteiger charge is 2.09. The van der Waals surface area contributed by atoms with Gasteiger partial charge >= 0.3 is 0 Å². The Morgan fingerprint density at radius 3 is 2.41 bits per heavy atom. The minimum absolute atomic E-state index is 0.728. The molecule has 0 saturated heterocycles. The van der Waals surface area contributed by atoms with Gasteiger partial charge in [-0.15, -0.1) is 11.8 Å². The molecule has 1 heterocycles. The van der Waals surface area contributed by atoms with Crippen LogP contribution in [0, 0.1) is 6.92 Å². The van der Waals surface area contributed by atoms with E-state index in [0.717, 1.165) is 22.0 Å². The maximum atomic E-state index is 6.12. The van der Waals surface area contributed by atoms with Crippen LogP contribution >= 0.6 is 23.4 Å². The summed E-state index contributed by atoms with van der Waals surface area (Å²) in [6, 6.07) is 20.4. The van der Waals surface area contributed by atoms with E-state index in [4.69, 9.17) is 16.6 Å². The molecule has 0 N–H and O–H groups in total. The van der Waals surface area contributed by atoms with E-state index in [1.807, 2.05) is 24.3 Å². The molecule has 0 aliphatic rings. The zero-order valence-electron chi connectivity index (χ0n) is 12.5. The topological polar surface area (TPSA) is 12.9 Å². The molecule has 0 unspecified atom stereocenters. The summed E-state index contributed by atoms with van der Waals surface area (Å²) in [4.78, 5) is 6.05. The number of hydrogen-bond acceptors (Lipinski definition) is 2. The van der Waals surface area contributed by atoms with E-state index < -0.39 is 0 Å². The van der Waals surface area contributed by atoms with Crippen LogP contribution in [0.25, 0.3) is 22.5 Å². The van der Waals surface area contributed by atoms with Crippen LogP contribution in [0.3, 0.4) is 0 Å². The molecule has 0 aliphatic carbocycles. The fourth-order valence-electron chi connectivity index (χ4n) is 2.42. The van der Waals surface area contributed by atoms with Crippen LogP contribution in [0.15, 0.2) is 65.6 Å². The van der Waals surface area contributed by atoms with Gasteiger partial charge in [-0.3, -0.25) is 0 Å². The monoisotopic (exact) mass is 325 g/mol. The Bertz CT molecular complexity index is 814. The first-order valence-corrected chi connectivity index (χ1v) is 8.65.